The molecule has 1 aromatic rings. The Bertz CT molecular complexity index is 669. The molecule has 1 saturated heterocycles. The van der Waals surface area contributed by atoms with Gasteiger partial charge in [0.1, 0.15) is 5.71 Å². The van der Waals surface area contributed by atoms with Gasteiger partial charge < -0.3 is 15.1 Å². The molecule has 2 fully saturated rings. The summed E-state index contributed by atoms with van der Waals surface area (Å²) in [5.41, 5.74) is -0.0355. The third-order valence-electron chi connectivity index (χ3n) is 5.12. The minimum Gasteiger partial charge on any atom is -0.386 e. The molecule has 1 saturated carbocycles. The molecule has 1 aliphatic carbocycles. The molecule has 6 nitrogen and oxygen atoms in total. The fourth-order valence-corrected chi connectivity index (χ4v) is 4.11. The highest BCUT2D eigenvalue weighted by atomic mass is 32.1. The molecule has 7 heteroatoms. The van der Waals surface area contributed by atoms with Gasteiger partial charge in [-0.15, -0.1) is 11.3 Å². The zero-order valence-corrected chi connectivity index (χ0v) is 14.3. The van der Waals surface area contributed by atoms with E-state index < -0.39 is 5.60 Å². The molecule has 128 valence electrons. The first-order chi connectivity index (χ1) is 11.6. The first kappa shape index (κ1) is 15.6. The minimum atomic E-state index is -0.503. The van der Waals surface area contributed by atoms with Crippen molar-refractivity contribution in [1.29, 1.82) is 0 Å². The van der Waals surface area contributed by atoms with Gasteiger partial charge in [0.05, 0.1) is 13.0 Å². The summed E-state index contributed by atoms with van der Waals surface area (Å²) in [4.78, 5) is 33.2. The number of likely N-dealkylation sites (tertiary alicyclic amines) is 1. The standard InChI is InChI=1S/C17H21N3O3S/c21-15(9-13-5-2-8-24-13)20-7-6-17(11-20)10-14(19-23-17)16(22)18-12-3-1-4-12/h2,5,8,12H,1,3-4,6-7,9-11H2,(H,18,22)/t17-/m0/s1. The Morgan fingerprint density at radius 1 is 1.46 bits per heavy atom. The van der Waals surface area contributed by atoms with Crippen molar-refractivity contribution in [1.82, 2.24) is 10.2 Å². The summed E-state index contributed by atoms with van der Waals surface area (Å²) >= 11 is 1.60. The predicted molar refractivity (Wildman–Crippen MR) is 90.9 cm³/mol. The lowest BCUT2D eigenvalue weighted by molar-refractivity contribution is -0.130. The summed E-state index contributed by atoms with van der Waals surface area (Å²) in [6.07, 6.45) is 4.94. The number of nitrogens with zero attached hydrogens (tertiary/aromatic N) is 2. The van der Waals surface area contributed by atoms with E-state index in [1.807, 2.05) is 22.4 Å². The van der Waals surface area contributed by atoms with Crippen molar-refractivity contribution in [3.05, 3.63) is 22.4 Å². The minimum absolute atomic E-state index is 0.111. The molecule has 1 aromatic heterocycles. The van der Waals surface area contributed by atoms with Crippen molar-refractivity contribution in [3.63, 3.8) is 0 Å². The molecule has 3 heterocycles. The van der Waals surface area contributed by atoms with E-state index in [1.54, 1.807) is 11.3 Å². The topological polar surface area (TPSA) is 71.0 Å². The van der Waals surface area contributed by atoms with E-state index in [1.165, 1.54) is 6.42 Å². The van der Waals surface area contributed by atoms with Gasteiger partial charge in [-0.3, -0.25) is 9.59 Å². The molecule has 2 aliphatic heterocycles. The predicted octanol–water partition coefficient (Wildman–Crippen LogP) is 1.71. The Labute approximate surface area is 144 Å². The third kappa shape index (κ3) is 3.05. The van der Waals surface area contributed by atoms with Crippen LogP contribution in [0.2, 0.25) is 0 Å². The van der Waals surface area contributed by atoms with Gasteiger partial charge in [-0.05, 0) is 30.7 Å². The molecular weight excluding hydrogens is 326 g/mol. The number of oxime groups is 1. The average Bonchev–Trinajstić information content (AvgIpc) is 3.25. The van der Waals surface area contributed by atoms with Gasteiger partial charge in [-0.1, -0.05) is 11.2 Å². The Morgan fingerprint density at radius 2 is 2.33 bits per heavy atom. The first-order valence-electron chi connectivity index (χ1n) is 8.50. The largest absolute Gasteiger partial charge is 0.386 e. The van der Waals surface area contributed by atoms with Crippen molar-refractivity contribution in [2.24, 2.45) is 5.16 Å². The number of thiophene rings is 1. The zero-order chi connectivity index (χ0) is 16.6. The third-order valence-corrected chi connectivity index (χ3v) is 5.99. The molecule has 1 N–H and O–H groups in total. The fraction of sp³-hybridized carbons (Fsp3) is 0.588. The van der Waals surface area contributed by atoms with Gasteiger partial charge >= 0.3 is 0 Å². The highest BCUT2D eigenvalue weighted by Crippen LogP contribution is 2.34. The van der Waals surface area contributed by atoms with E-state index in [4.69, 9.17) is 4.84 Å². The zero-order valence-electron chi connectivity index (χ0n) is 13.5. The van der Waals surface area contributed by atoms with Crippen LogP contribution in [0.1, 0.15) is 37.0 Å². The SMILES string of the molecule is O=C(NC1CCC1)C1=NO[C@@]2(CCN(C(=O)Cc3cccs3)C2)C1. The van der Waals surface area contributed by atoms with Crippen LogP contribution in [0.4, 0.5) is 0 Å². The Balaban J connectivity index is 1.31. The normalized spacial score (nSPS) is 26.2. The quantitative estimate of drug-likeness (QED) is 0.901. The van der Waals surface area contributed by atoms with E-state index in [-0.39, 0.29) is 11.8 Å². The van der Waals surface area contributed by atoms with Gasteiger partial charge in [-0.25, -0.2) is 0 Å². The molecule has 1 atom stereocenters. The van der Waals surface area contributed by atoms with E-state index in [2.05, 4.69) is 10.5 Å². The van der Waals surface area contributed by atoms with Crippen LogP contribution in [0.25, 0.3) is 0 Å². The molecule has 2 amide bonds. The van der Waals surface area contributed by atoms with Gasteiger partial charge in [0.2, 0.25) is 5.91 Å². The van der Waals surface area contributed by atoms with Crippen LogP contribution < -0.4 is 5.32 Å². The highest BCUT2D eigenvalue weighted by molar-refractivity contribution is 7.10. The van der Waals surface area contributed by atoms with Crippen LogP contribution in [0.3, 0.4) is 0 Å². The molecule has 1 spiro atoms. The highest BCUT2D eigenvalue weighted by Gasteiger charge is 2.48. The monoisotopic (exact) mass is 347 g/mol. The maximum Gasteiger partial charge on any atom is 0.269 e. The van der Waals surface area contributed by atoms with Crippen molar-refractivity contribution < 1.29 is 14.4 Å². The Kier molecular flexibility index (Phi) is 4.04. The lowest BCUT2D eigenvalue weighted by Crippen LogP contribution is -2.44. The molecule has 0 radical (unpaired) electrons. The Morgan fingerprint density at radius 3 is 3.04 bits per heavy atom. The molecule has 0 unspecified atom stereocenters. The van der Waals surface area contributed by atoms with E-state index in [9.17, 15) is 9.59 Å². The molecule has 0 bridgehead atoms. The van der Waals surface area contributed by atoms with Gasteiger partial charge in [0.25, 0.3) is 5.91 Å². The van der Waals surface area contributed by atoms with Crippen molar-refractivity contribution >= 4 is 28.9 Å². The van der Waals surface area contributed by atoms with E-state index in [0.717, 1.165) is 24.1 Å². The molecular formula is C17H21N3O3S. The number of hydrogen-bond acceptors (Lipinski definition) is 5. The second-order valence-electron chi connectivity index (χ2n) is 6.91. The Hall–Kier alpha value is -1.89. The molecule has 3 aliphatic rings. The number of carbonyl (C=O) groups is 2. The second-order valence-corrected chi connectivity index (χ2v) is 7.94. The van der Waals surface area contributed by atoms with Crippen LogP contribution in [0.5, 0.6) is 0 Å². The molecule has 24 heavy (non-hydrogen) atoms. The summed E-state index contributed by atoms with van der Waals surface area (Å²) in [5, 5.41) is 9.00. The average molecular weight is 347 g/mol. The molecule has 4 rings (SSSR count). The van der Waals surface area contributed by atoms with Crippen molar-refractivity contribution in [2.75, 3.05) is 13.1 Å². The maximum absolute atomic E-state index is 12.4. The van der Waals surface area contributed by atoms with Crippen LogP contribution in [-0.2, 0) is 20.8 Å². The van der Waals surface area contributed by atoms with Gasteiger partial charge in [0.15, 0.2) is 5.60 Å². The van der Waals surface area contributed by atoms with Crippen LogP contribution >= 0.6 is 11.3 Å². The smallest absolute Gasteiger partial charge is 0.269 e. The lowest BCUT2D eigenvalue weighted by Gasteiger charge is -2.26. The number of amides is 2. The van der Waals surface area contributed by atoms with Crippen molar-refractivity contribution in [2.45, 2.75) is 50.2 Å². The number of hydrogen-bond donors (Lipinski definition) is 1. The number of rotatable bonds is 4. The van der Waals surface area contributed by atoms with Crippen molar-refractivity contribution in [3.8, 4) is 0 Å². The lowest BCUT2D eigenvalue weighted by atomic mass is 9.92. The van der Waals surface area contributed by atoms with Gasteiger partial charge in [0, 0.05) is 30.3 Å². The molecule has 0 aromatic carbocycles. The maximum atomic E-state index is 12.4. The summed E-state index contributed by atoms with van der Waals surface area (Å²) in [5.74, 6) is 0.00484. The number of nitrogens with one attached hydrogen (secondary N) is 1. The number of carbonyl (C=O) groups excluding carboxylic acids is 2. The fourth-order valence-electron chi connectivity index (χ4n) is 3.42. The second kappa shape index (κ2) is 6.20. The van der Waals surface area contributed by atoms with Crippen LogP contribution in [-0.4, -0.2) is 47.2 Å². The summed E-state index contributed by atoms with van der Waals surface area (Å²) < 4.78 is 0. The summed E-state index contributed by atoms with van der Waals surface area (Å²) in [6.45, 7) is 1.18. The van der Waals surface area contributed by atoms with E-state index >= 15 is 0 Å². The van der Waals surface area contributed by atoms with Crippen LogP contribution in [0.15, 0.2) is 22.7 Å². The first-order valence-corrected chi connectivity index (χ1v) is 9.38. The van der Waals surface area contributed by atoms with Crippen LogP contribution in [0, 0.1) is 0 Å². The van der Waals surface area contributed by atoms with E-state index in [0.29, 0.717) is 37.7 Å². The van der Waals surface area contributed by atoms with Gasteiger partial charge in [-0.2, -0.15) is 0 Å². The summed E-state index contributed by atoms with van der Waals surface area (Å²) in [6, 6.07) is 4.23. The summed E-state index contributed by atoms with van der Waals surface area (Å²) in [7, 11) is 0.